The highest BCUT2D eigenvalue weighted by molar-refractivity contribution is 5.50. The van der Waals surface area contributed by atoms with Crippen molar-refractivity contribution in [1.29, 1.82) is 0 Å². The number of anilines is 1. The Kier molecular flexibility index (Phi) is 5.40. The van der Waals surface area contributed by atoms with Crippen molar-refractivity contribution in [3.05, 3.63) is 64.7 Å². The number of nitrogens with zero attached hydrogens (tertiary/aromatic N) is 1. The number of aryl methyl sites for hydroxylation is 2. The monoisotopic (exact) mass is 282 g/mol. The first kappa shape index (κ1) is 15.6. The van der Waals surface area contributed by atoms with Gasteiger partial charge in [-0.25, -0.2) is 0 Å². The Balaban J connectivity index is 2.03. The van der Waals surface area contributed by atoms with E-state index in [1.54, 1.807) is 0 Å². The van der Waals surface area contributed by atoms with Crippen LogP contribution in [0.2, 0.25) is 0 Å². The number of benzene rings is 2. The van der Waals surface area contributed by atoms with E-state index in [-0.39, 0.29) is 0 Å². The lowest BCUT2D eigenvalue weighted by Crippen LogP contribution is -2.16. The Labute approximate surface area is 128 Å². The highest BCUT2D eigenvalue weighted by Gasteiger charge is 2.04. The van der Waals surface area contributed by atoms with Gasteiger partial charge in [-0.1, -0.05) is 30.3 Å². The molecule has 0 aromatic heterocycles. The molecule has 0 aliphatic rings. The van der Waals surface area contributed by atoms with Gasteiger partial charge in [-0.2, -0.15) is 0 Å². The second kappa shape index (κ2) is 7.28. The lowest BCUT2D eigenvalue weighted by molar-refractivity contribution is 0.791. The Morgan fingerprint density at radius 2 is 1.48 bits per heavy atom. The van der Waals surface area contributed by atoms with Crippen molar-refractivity contribution in [2.75, 3.05) is 25.5 Å². The molecule has 0 bridgehead atoms. The third kappa shape index (κ3) is 4.61. The molecule has 0 aliphatic carbocycles. The number of likely N-dealkylation sites (N-methyl/N-ethyl adjacent to an activating group) is 1. The molecule has 0 saturated carbocycles. The average Bonchev–Trinajstić information content (AvgIpc) is 2.45. The van der Waals surface area contributed by atoms with Crippen molar-refractivity contribution in [3.8, 4) is 0 Å². The highest BCUT2D eigenvalue weighted by Crippen LogP contribution is 2.19. The van der Waals surface area contributed by atoms with Crippen LogP contribution < -0.4 is 10.2 Å². The molecule has 0 heterocycles. The summed E-state index contributed by atoms with van der Waals surface area (Å²) < 4.78 is 0. The van der Waals surface area contributed by atoms with Gasteiger partial charge >= 0.3 is 0 Å². The van der Waals surface area contributed by atoms with Crippen molar-refractivity contribution >= 4 is 5.69 Å². The van der Waals surface area contributed by atoms with Gasteiger partial charge in [-0.15, -0.1) is 0 Å². The molecule has 2 rings (SSSR count). The first-order valence-corrected chi connectivity index (χ1v) is 7.60. The Morgan fingerprint density at radius 1 is 0.905 bits per heavy atom. The molecule has 0 unspecified atom stereocenters. The molecule has 2 nitrogen and oxygen atoms in total. The molecule has 0 atom stereocenters. The van der Waals surface area contributed by atoms with E-state index < -0.39 is 0 Å². The Bertz CT molecular complexity index is 552. The minimum absolute atomic E-state index is 0.940. The zero-order valence-electron chi connectivity index (χ0n) is 13.6. The van der Waals surface area contributed by atoms with Crippen LogP contribution in [0.25, 0.3) is 0 Å². The standard InChI is InChI=1S/C19H26N2/c1-15-11-16(2)13-19(12-15)21(4)14-18-7-5-17(6-8-18)9-10-20-3/h5-8,11-13,20H,9-10,14H2,1-4H3. The fraction of sp³-hybridized carbons (Fsp3) is 0.368. The van der Waals surface area contributed by atoms with Gasteiger partial charge in [0, 0.05) is 19.3 Å². The second-order valence-electron chi connectivity index (χ2n) is 5.87. The van der Waals surface area contributed by atoms with Crippen LogP contribution in [-0.2, 0) is 13.0 Å². The van der Waals surface area contributed by atoms with E-state index in [1.165, 1.54) is 27.9 Å². The van der Waals surface area contributed by atoms with Crippen LogP contribution in [0.3, 0.4) is 0 Å². The molecule has 2 heteroatoms. The van der Waals surface area contributed by atoms with Gasteiger partial charge in [0.2, 0.25) is 0 Å². The maximum absolute atomic E-state index is 3.19. The quantitative estimate of drug-likeness (QED) is 0.869. The minimum atomic E-state index is 0.940. The summed E-state index contributed by atoms with van der Waals surface area (Å²) in [5, 5.41) is 3.19. The number of hydrogen-bond acceptors (Lipinski definition) is 2. The van der Waals surface area contributed by atoms with Crippen molar-refractivity contribution in [2.45, 2.75) is 26.8 Å². The molecule has 0 fully saturated rings. The van der Waals surface area contributed by atoms with Gasteiger partial charge in [0.1, 0.15) is 0 Å². The van der Waals surface area contributed by atoms with E-state index in [9.17, 15) is 0 Å². The predicted octanol–water partition coefficient (Wildman–Crippen LogP) is 3.70. The summed E-state index contributed by atoms with van der Waals surface area (Å²) in [6, 6.07) is 15.7. The van der Waals surface area contributed by atoms with Crippen molar-refractivity contribution in [3.63, 3.8) is 0 Å². The Morgan fingerprint density at radius 3 is 2.05 bits per heavy atom. The molecule has 1 N–H and O–H groups in total. The van der Waals surface area contributed by atoms with E-state index >= 15 is 0 Å². The van der Waals surface area contributed by atoms with Crippen LogP contribution in [0, 0.1) is 13.8 Å². The smallest absolute Gasteiger partial charge is 0.0426 e. The molecule has 112 valence electrons. The van der Waals surface area contributed by atoms with Crippen LogP contribution in [0.4, 0.5) is 5.69 Å². The van der Waals surface area contributed by atoms with Gasteiger partial charge < -0.3 is 10.2 Å². The van der Waals surface area contributed by atoms with Crippen molar-refractivity contribution in [2.24, 2.45) is 0 Å². The predicted molar refractivity (Wildman–Crippen MR) is 92.1 cm³/mol. The average molecular weight is 282 g/mol. The Hall–Kier alpha value is -1.80. The van der Waals surface area contributed by atoms with Crippen LogP contribution in [0.15, 0.2) is 42.5 Å². The molecule has 2 aromatic carbocycles. The molecular formula is C19H26N2. The summed E-state index contributed by atoms with van der Waals surface area (Å²) >= 11 is 0. The molecule has 0 amide bonds. The summed E-state index contributed by atoms with van der Waals surface area (Å²) in [6.45, 7) is 6.28. The maximum atomic E-state index is 3.19. The van der Waals surface area contributed by atoms with E-state index in [0.29, 0.717) is 0 Å². The van der Waals surface area contributed by atoms with Gasteiger partial charge in [0.25, 0.3) is 0 Å². The first-order valence-electron chi connectivity index (χ1n) is 7.60. The fourth-order valence-corrected chi connectivity index (χ4v) is 2.62. The normalized spacial score (nSPS) is 10.7. The summed E-state index contributed by atoms with van der Waals surface area (Å²) in [7, 11) is 4.15. The lowest BCUT2D eigenvalue weighted by atomic mass is 10.1. The molecular weight excluding hydrogens is 256 g/mol. The number of rotatable bonds is 6. The zero-order chi connectivity index (χ0) is 15.2. The maximum Gasteiger partial charge on any atom is 0.0426 e. The molecule has 0 radical (unpaired) electrons. The fourth-order valence-electron chi connectivity index (χ4n) is 2.62. The number of nitrogens with one attached hydrogen (secondary N) is 1. The minimum Gasteiger partial charge on any atom is -0.370 e. The molecule has 0 spiro atoms. The molecule has 2 aromatic rings. The van der Waals surface area contributed by atoms with E-state index in [2.05, 4.69) is 73.6 Å². The highest BCUT2D eigenvalue weighted by atomic mass is 15.1. The van der Waals surface area contributed by atoms with Crippen LogP contribution >= 0.6 is 0 Å². The van der Waals surface area contributed by atoms with Gasteiger partial charge in [0.05, 0.1) is 0 Å². The number of hydrogen-bond donors (Lipinski definition) is 1. The summed E-state index contributed by atoms with van der Waals surface area (Å²) in [5.74, 6) is 0. The topological polar surface area (TPSA) is 15.3 Å². The summed E-state index contributed by atoms with van der Waals surface area (Å²) in [6.07, 6.45) is 1.09. The van der Waals surface area contributed by atoms with Crippen molar-refractivity contribution < 1.29 is 0 Å². The van der Waals surface area contributed by atoms with Crippen LogP contribution in [-0.4, -0.2) is 20.6 Å². The van der Waals surface area contributed by atoms with Crippen LogP contribution in [0.1, 0.15) is 22.3 Å². The van der Waals surface area contributed by atoms with Gasteiger partial charge in [0.15, 0.2) is 0 Å². The zero-order valence-corrected chi connectivity index (χ0v) is 13.6. The largest absolute Gasteiger partial charge is 0.370 e. The third-order valence-corrected chi connectivity index (χ3v) is 3.75. The van der Waals surface area contributed by atoms with E-state index in [0.717, 1.165) is 19.5 Å². The summed E-state index contributed by atoms with van der Waals surface area (Å²) in [5.41, 5.74) is 6.66. The first-order chi connectivity index (χ1) is 10.1. The molecule has 0 saturated heterocycles. The molecule has 0 aliphatic heterocycles. The van der Waals surface area contributed by atoms with E-state index in [1.807, 2.05) is 7.05 Å². The molecule has 21 heavy (non-hydrogen) atoms. The summed E-state index contributed by atoms with van der Waals surface area (Å²) in [4.78, 5) is 2.31. The lowest BCUT2D eigenvalue weighted by Gasteiger charge is -2.21. The second-order valence-corrected chi connectivity index (χ2v) is 5.87. The van der Waals surface area contributed by atoms with E-state index in [4.69, 9.17) is 0 Å². The van der Waals surface area contributed by atoms with Crippen LogP contribution in [0.5, 0.6) is 0 Å². The SMILES string of the molecule is CNCCc1ccc(CN(C)c2cc(C)cc(C)c2)cc1. The third-order valence-electron chi connectivity index (χ3n) is 3.75. The van der Waals surface area contributed by atoms with Crippen molar-refractivity contribution in [1.82, 2.24) is 5.32 Å². The van der Waals surface area contributed by atoms with Gasteiger partial charge in [-0.05, 0) is 68.2 Å². The van der Waals surface area contributed by atoms with Gasteiger partial charge in [-0.3, -0.25) is 0 Å².